The van der Waals surface area contributed by atoms with Gasteiger partial charge in [0.15, 0.2) is 0 Å². The van der Waals surface area contributed by atoms with E-state index in [2.05, 4.69) is 28.2 Å². The van der Waals surface area contributed by atoms with Gasteiger partial charge >= 0.3 is 0 Å². The fourth-order valence-electron chi connectivity index (χ4n) is 4.13. The van der Waals surface area contributed by atoms with Crippen LogP contribution < -0.4 is 20.5 Å². The maximum absolute atomic E-state index is 6.42. The number of imidazole rings is 1. The minimum Gasteiger partial charge on any atom is -0.491 e. The number of benzene rings is 1. The lowest BCUT2D eigenvalue weighted by molar-refractivity contribution is 0.146. The van der Waals surface area contributed by atoms with Crippen molar-refractivity contribution < 1.29 is 14.2 Å². The Morgan fingerprint density at radius 3 is 2.88 bits per heavy atom. The van der Waals surface area contributed by atoms with Crippen LogP contribution in [-0.4, -0.2) is 60.9 Å². The van der Waals surface area contributed by atoms with E-state index in [1.54, 1.807) is 7.11 Å². The molecule has 4 aromatic rings. The van der Waals surface area contributed by atoms with Crippen molar-refractivity contribution in [3.05, 3.63) is 54.9 Å². The molecule has 5 rings (SSSR count). The maximum Gasteiger partial charge on any atom is 0.145 e. The molecule has 4 heterocycles. The van der Waals surface area contributed by atoms with Gasteiger partial charge in [-0.15, -0.1) is 0 Å². The van der Waals surface area contributed by atoms with Crippen LogP contribution in [-0.2, 0) is 4.74 Å². The van der Waals surface area contributed by atoms with Crippen LogP contribution >= 0.6 is 0 Å². The van der Waals surface area contributed by atoms with Gasteiger partial charge in [0, 0.05) is 24.8 Å². The third-order valence-electron chi connectivity index (χ3n) is 5.80. The van der Waals surface area contributed by atoms with Gasteiger partial charge in [0.05, 0.1) is 24.2 Å². The first-order chi connectivity index (χ1) is 16.8. The molecule has 0 bridgehead atoms. The van der Waals surface area contributed by atoms with E-state index in [4.69, 9.17) is 19.2 Å². The van der Waals surface area contributed by atoms with Crippen LogP contribution in [0.15, 0.2) is 54.9 Å². The number of methoxy groups -OCH3 is 1. The van der Waals surface area contributed by atoms with Crippen LogP contribution in [0.2, 0.25) is 0 Å². The monoisotopic (exact) mass is 463 g/mol. The number of nitrogens with two attached hydrogens (primary N) is 1. The Hall–Kier alpha value is -3.20. The molecule has 180 valence electrons. The summed E-state index contributed by atoms with van der Waals surface area (Å²) in [4.78, 5) is 9.55. The zero-order chi connectivity index (χ0) is 23.8. The number of para-hydroxylation sites is 1. The lowest BCUT2D eigenvalue weighted by Gasteiger charge is -2.18. The third kappa shape index (κ3) is 5.47. The molecule has 1 aromatic carbocycles. The molecule has 8 nitrogen and oxygen atoms in total. The molecular formula is C26H33N5O3. The van der Waals surface area contributed by atoms with E-state index in [1.165, 1.54) is 7.05 Å². The van der Waals surface area contributed by atoms with Gasteiger partial charge in [0.2, 0.25) is 0 Å². The van der Waals surface area contributed by atoms with E-state index < -0.39 is 0 Å². The van der Waals surface area contributed by atoms with Crippen molar-refractivity contribution in [3.63, 3.8) is 0 Å². The summed E-state index contributed by atoms with van der Waals surface area (Å²) in [7, 11) is 3.16. The van der Waals surface area contributed by atoms with Gasteiger partial charge in [-0.1, -0.05) is 18.2 Å². The summed E-state index contributed by atoms with van der Waals surface area (Å²) in [6.07, 6.45) is 7.24. The Balaban J connectivity index is 0.00000133. The quantitative estimate of drug-likeness (QED) is 0.404. The zero-order valence-corrected chi connectivity index (χ0v) is 19.9. The zero-order valence-electron chi connectivity index (χ0n) is 19.9. The molecule has 1 unspecified atom stereocenters. The molecule has 0 spiro atoms. The van der Waals surface area contributed by atoms with Gasteiger partial charge in [-0.3, -0.25) is 4.40 Å². The molecule has 0 saturated carbocycles. The summed E-state index contributed by atoms with van der Waals surface area (Å²) < 4.78 is 19.2. The molecule has 1 atom stereocenters. The van der Waals surface area contributed by atoms with E-state index in [9.17, 15) is 0 Å². The molecule has 3 aromatic heterocycles. The lowest BCUT2D eigenvalue weighted by atomic mass is 10.1. The van der Waals surface area contributed by atoms with Crippen molar-refractivity contribution in [3.8, 4) is 22.9 Å². The largest absolute Gasteiger partial charge is 0.491 e. The number of hydrogen-bond donors (Lipinski definition) is 2. The average molecular weight is 464 g/mol. The molecule has 0 radical (unpaired) electrons. The van der Waals surface area contributed by atoms with E-state index in [1.807, 2.05) is 47.1 Å². The highest BCUT2D eigenvalue weighted by atomic mass is 16.5. The van der Waals surface area contributed by atoms with Crippen molar-refractivity contribution in [2.75, 3.05) is 40.5 Å². The van der Waals surface area contributed by atoms with Gasteiger partial charge in [0.1, 0.15) is 35.4 Å². The number of hydrogen-bond acceptors (Lipinski definition) is 7. The van der Waals surface area contributed by atoms with E-state index in [0.29, 0.717) is 13.2 Å². The van der Waals surface area contributed by atoms with Crippen LogP contribution in [0.1, 0.15) is 19.3 Å². The van der Waals surface area contributed by atoms with E-state index in [0.717, 1.165) is 71.8 Å². The van der Waals surface area contributed by atoms with Gasteiger partial charge < -0.3 is 25.3 Å². The Bertz CT molecular complexity index is 1200. The van der Waals surface area contributed by atoms with Crippen LogP contribution in [0.5, 0.6) is 11.5 Å². The predicted molar refractivity (Wildman–Crippen MR) is 135 cm³/mol. The van der Waals surface area contributed by atoms with E-state index >= 15 is 0 Å². The number of ether oxygens (including phenoxy) is 3. The van der Waals surface area contributed by atoms with Crippen LogP contribution in [0.4, 0.5) is 0 Å². The van der Waals surface area contributed by atoms with Crippen LogP contribution in [0.3, 0.4) is 0 Å². The van der Waals surface area contributed by atoms with Crippen LogP contribution in [0, 0.1) is 0 Å². The highest BCUT2D eigenvalue weighted by Gasteiger charge is 2.16. The molecule has 1 aliphatic heterocycles. The number of nitrogens with one attached hydrogen (secondary N) is 1. The number of rotatable bonds is 7. The highest BCUT2D eigenvalue weighted by Crippen LogP contribution is 2.30. The van der Waals surface area contributed by atoms with Crippen molar-refractivity contribution in [2.45, 2.75) is 25.4 Å². The fourth-order valence-corrected chi connectivity index (χ4v) is 4.13. The first-order valence-corrected chi connectivity index (χ1v) is 11.8. The fraction of sp³-hybridized carbons (Fsp3) is 0.385. The normalized spacial score (nSPS) is 16.0. The molecular weight excluding hydrogens is 430 g/mol. The topological polar surface area (TPSA) is 95.9 Å². The summed E-state index contributed by atoms with van der Waals surface area (Å²) in [5.74, 6) is 1.62. The summed E-state index contributed by atoms with van der Waals surface area (Å²) in [6.45, 7) is 3.11. The van der Waals surface area contributed by atoms with Crippen molar-refractivity contribution in [1.29, 1.82) is 0 Å². The van der Waals surface area contributed by atoms with Crippen LogP contribution in [0.25, 0.3) is 27.9 Å². The summed E-state index contributed by atoms with van der Waals surface area (Å²) in [6, 6.07) is 14.1. The van der Waals surface area contributed by atoms with Crippen molar-refractivity contribution >= 4 is 16.6 Å². The molecule has 1 fully saturated rings. The average Bonchev–Trinajstić information content (AvgIpc) is 3.13. The molecule has 1 saturated heterocycles. The summed E-state index contributed by atoms with van der Waals surface area (Å²) >= 11 is 0. The molecule has 0 aliphatic carbocycles. The van der Waals surface area contributed by atoms with E-state index in [-0.39, 0.29) is 6.10 Å². The first kappa shape index (κ1) is 23.9. The second kappa shape index (κ2) is 11.8. The summed E-state index contributed by atoms with van der Waals surface area (Å²) in [5, 5.41) is 4.51. The summed E-state index contributed by atoms with van der Waals surface area (Å²) in [5.41, 5.74) is 7.99. The minimum absolute atomic E-state index is 0.216. The molecule has 1 aliphatic rings. The minimum atomic E-state index is 0.216. The number of nitrogens with zero attached hydrogens (tertiary/aromatic N) is 3. The molecule has 0 amide bonds. The van der Waals surface area contributed by atoms with Gasteiger partial charge in [-0.2, -0.15) is 0 Å². The van der Waals surface area contributed by atoms with Gasteiger partial charge in [-0.25, -0.2) is 9.97 Å². The standard InChI is InChI=1S/C25H28N4O3.CH5N/c1-30-14-15-31-20-10-13-29-22(17-27-24(29)16-20)21-8-7-18-4-2-6-23(25(18)28-21)32-19-5-3-11-26-12-9-19;1-2/h2,4,6-8,10,13,16-17,19,26H,3,5,9,11-12,14-15H2,1H3;2H2,1H3. The SMILES string of the molecule is CN.COCCOc1ccn2c(-c3ccc4cccc(OC5CCCNCC5)c4n3)cnc2c1. The molecule has 34 heavy (non-hydrogen) atoms. The Morgan fingerprint density at radius 1 is 1.09 bits per heavy atom. The maximum atomic E-state index is 6.42. The molecule has 8 heteroatoms. The number of aromatic nitrogens is 3. The van der Waals surface area contributed by atoms with Crippen molar-refractivity contribution in [1.82, 2.24) is 19.7 Å². The first-order valence-electron chi connectivity index (χ1n) is 11.8. The van der Waals surface area contributed by atoms with Gasteiger partial charge in [-0.05, 0) is 57.6 Å². The molecule has 3 N–H and O–H groups in total. The number of fused-ring (bicyclic) bond motifs is 2. The second-order valence-corrected chi connectivity index (χ2v) is 8.02. The second-order valence-electron chi connectivity index (χ2n) is 8.02. The highest BCUT2D eigenvalue weighted by molar-refractivity contribution is 5.86. The Kier molecular flexibility index (Phi) is 8.30. The third-order valence-corrected chi connectivity index (χ3v) is 5.80. The predicted octanol–water partition coefficient (Wildman–Crippen LogP) is 3.67. The Morgan fingerprint density at radius 2 is 2.00 bits per heavy atom. The smallest absolute Gasteiger partial charge is 0.145 e. The Labute approximate surface area is 200 Å². The van der Waals surface area contributed by atoms with Gasteiger partial charge in [0.25, 0.3) is 0 Å². The lowest BCUT2D eigenvalue weighted by Crippen LogP contribution is -2.19. The van der Waals surface area contributed by atoms with Crippen molar-refractivity contribution in [2.24, 2.45) is 5.73 Å². The number of pyridine rings is 2.